The van der Waals surface area contributed by atoms with Gasteiger partial charge in [-0.2, -0.15) is 0 Å². The van der Waals surface area contributed by atoms with E-state index in [0.717, 1.165) is 60.7 Å². The van der Waals surface area contributed by atoms with Crippen molar-refractivity contribution in [2.24, 2.45) is 0 Å². The summed E-state index contributed by atoms with van der Waals surface area (Å²) >= 11 is 0. The lowest BCUT2D eigenvalue weighted by atomic mass is 10.2. The van der Waals surface area contributed by atoms with Gasteiger partial charge in [0.05, 0.1) is 22.4 Å². The Morgan fingerprint density at radius 1 is 1.07 bits per heavy atom. The highest BCUT2D eigenvalue weighted by atomic mass is 16.1. The molecule has 0 saturated carbocycles. The average Bonchev–Trinajstić information content (AvgIpc) is 3.09. The van der Waals surface area contributed by atoms with Crippen LogP contribution in [-0.4, -0.2) is 50.4 Å². The van der Waals surface area contributed by atoms with Crippen LogP contribution >= 0.6 is 0 Å². The predicted molar refractivity (Wildman–Crippen MR) is 115 cm³/mol. The van der Waals surface area contributed by atoms with Crippen molar-refractivity contribution in [2.75, 3.05) is 31.1 Å². The summed E-state index contributed by atoms with van der Waals surface area (Å²) < 4.78 is 2.10. The number of piperazine rings is 1. The molecule has 1 N–H and O–H groups in total. The Labute approximate surface area is 168 Å². The number of aromatic nitrogens is 4. The van der Waals surface area contributed by atoms with Gasteiger partial charge in [0.25, 0.3) is 5.56 Å². The summed E-state index contributed by atoms with van der Waals surface area (Å²) in [5, 5.41) is 0. The summed E-state index contributed by atoms with van der Waals surface area (Å²) in [6.45, 7) is 8.61. The third kappa shape index (κ3) is 3.49. The second kappa shape index (κ2) is 7.00. The van der Waals surface area contributed by atoms with Crippen molar-refractivity contribution >= 4 is 22.4 Å². The number of fused-ring (bicyclic) bond motifs is 2. The Morgan fingerprint density at radius 2 is 1.90 bits per heavy atom. The summed E-state index contributed by atoms with van der Waals surface area (Å²) in [5.41, 5.74) is 6.67. The van der Waals surface area contributed by atoms with E-state index in [4.69, 9.17) is 0 Å². The lowest BCUT2D eigenvalue weighted by molar-refractivity contribution is 0.249. The zero-order chi connectivity index (χ0) is 20.0. The van der Waals surface area contributed by atoms with Gasteiger partial charge in [-0.1, -0.05) is 0 Å². The van der Waals surface area contributed by atoms with E-state index < -0.39 is 0 Å². The van der Waals surface area contributed by atoms with Gasteiger partial charge in [-0.05, 0) is 43.7 Å². The number of nitrogens with zero attached hydrogens (tertiary/aromatic N) is 5. The first-order valence-corrected chi connectivity index (χ1v) is 9.96. The Kier molecular flexibility index (Phi) is 4.32. The topological polar surface area (TPSA) is 69.5 Å². The third-order valence-corrected chi connectivity index (χ3v) is 5.63. The van der Waals surface area contributed by atoms with Crippen LogP contribution in [0.15, 0.2) is 47.7 Å². The third-order valence-electron chi connectivity index (χ3n) is 5.63. The number of hydrogen-bond donors (Lipinski definition) is 1. The minimum atomic E-state index is -0.0462. The van der Waals surface area contributed by atoms with Gasteiger partial charge >= 0.3 is 0 Å². The molecule has 4 aromatic heterocycles. The quantitative estimate of drug-likeness (QED) is 0.584. The van der Waals surface area contributed by atoms with E-state index in [0.29, 0.717) is 5.56 Å². The molecule has 0 aromatic carbocycles. The number of nitrogens with one attached hydrogen (secondary N) is 1. The molecule has 0 amide bonds. The molecular weight excluding hydrogens is 364 g/mol. The number of rotatable bonds is 3. The van der Waals surface area contributed by atoms with E-state index in [1.165, 1.54) is 5.69 Å². The number of pyridine rings is 3. The molecule has 1 aliphatic heterocycles. The van der Waals surface area contributed by atoms with Crippen LogP contribution in [0.2, 0.25) is 0 Å². The number of aryl methyl sites for hydroxylation is 2. The minimum absolute atomic E-state index is 0.0462. The standard InChI is InChI=1S/C22H24N6O/c1-15-9-19-20(25-22(15)29)10-17(11-23-19)13-26-5-7-27(8-6-26)18-3-4-21-24-16(2)12-28(21)14-18/h3-4,9-12,14H,5-8,13H2,1-2H3,(H,25,29). The van der Waals surface area contributed by atoms with Crippen LogP contribution in [0.5, 0.6) is 0 Å². The van der Waals surface area contributed by atoms with Gasteiger partial charge in [0.2, 0.25) is 0 Å². The van der Waals surface area contributed by atoms with Crippen LogP contribution in [0.25, 0.3) is 16.7 Å². The van der Waals surface area contributed by atoms with Gasteiger partial charge in [-0.3, -0.25) is 14.7 Å². The summed E-state index contributed by atoms with van der Waals surface area (Å²) in [7, 11) is 0. The molecule has 7 nitrogen and oxygen atoms in total. The van der Waals surface area contributed by atoms with E-state index in [9.17, 15) is 4.79 Å². The molecule has 0 bridgehead atoms. The molecular formula is C22H24N6O. The molecule has 148 valence electrons. The fourth-order valence-corrected chi connectivity index (χ4v) is 4.03. The first-order chi connectivity index (χ1) is 14.0. The van der Waals surface area contributed by atoms with Crippen molar-refractivity contribution in [3.63, 3.8) is 0 Å². The number of H-pyrrole nitrogens is 1. The Morgan fingerprint density at radius 3 is 2.72 bits per heavy atom. The number of aromatic amines is 1. The maximum absolute atomic E-state index is 11.9. The fraction of sp³-hybridized carbons (Fsp3) is 0.318. The molecule has 1 fully saturated rings. The zero-order valence-electron chi connectivity index (χ0n) is 16.7. The van der Waals surface area contributed by atoms with Crippen molar-refractivity contribution in [1.82, 2.24) is 24.3 Å². The van der Waals surface area contributed by atoms with Gasteiger partial charge in [-0.25, -0.2) is 4.98 Å². The molecule has 0 radical (unpaired) electrons. The Hall–Kier alpha value is -3.19. The highest BCUT2D eigenvalue weighted by Gasteiger charge is 2.18. The number of imidazole rings is 1. The largest absolute Gasteiger partial charge is 0.368 e. The van der Waals surface area contributed by atoms with E-state index in [2.05, 4.69) is 53.7 Å². The van der Waals surface area contributed by atoms with Gasteiger partial charge in [-0.15, -0.1) is 0 Å². The van der Waals surface area contributed by atoms with Crippen molar-refractivity contribution in [1.29, 1.82) is 0 Å². The maximum atomic E-state index is 11.9. The minimum Gasteiger partial charge on any atom is -0.368 e. The highest BCUT2D eigenvalue weighted by molar-refractivity contribution is 5.74. The van der Waals surface area contributed by atoms with E-state index >= 15 is 0 Å². The Bertz CT molecular complexity index is 1250. The molecule has 5 rings (SSSR count). The highest BCUT2D eigenvalue weighted by Crippen LogP contribution is 2.19. The van der Waals surface area contributed by atoms with Crippen LogP contribution in [-0.2, 0) is 6.54 Å². The molecule has 7 heteroatoms. The van der Waals surface area contributed by atoms with Crippen LogP contribution in [0, 0.1) is 13.8 Å². The summed E-state index contributed by atoms with van der Waals surface area (Å²) in [5.74, 6) is 0. The molecule has 5 heterocycles. The lowest BCUT2D eigenvalue weighted by Crippen LogP contribution is -2.46. The van der Waals surface area contributed by atoms with Crippen molar-refractivity contribution in [2.45, 2.75) is 20.4 Å². The van der Waals surface area contributed by atoms with Crippen molar-refractivity contribution < 1.29 is 0 Å². The first kappa shape index (κ1) is 17.9. The lowest BCUT2D eigenvalue weighted by Gasteiger charge is -2.36. The summed E-state index contributed by atoms with van der Waals surface area (Å²) in [4.78, 5) is 28.7. The van der Waals surface area contributed by atoms with Gasteiger partial charge in [0.15, 0.2) is 0 Å². The van der Waals surface area contributed by atoms with Gasteiger partial charge < -0.3 is 14.3 Å². The van der Waals surface area contributed by atoms with Crippen LogP contribution in [0.4, 0.5) is 5.69 Å². The molecule has 4 aromatic rings. The SMILES string of the molecule is Cc1cn2cc(N3CCN(Cc4cnc5cc(C)c(=O)[nH]c5c4)CC3)ccc2n1. The van der Waals surface area contributed by atoms with Crippen molar-refractivity contribution in [3.8, 4) is 0 Å². The molecule has 29 heavy (non-hydrogen) atoms. The molecule has 0 aliphatic carbocycles. The van der Waals surface area contributed by atoms with Gasteiger partial charge in [0, 0.05) is 56.9 Å². The fourth-order valence-electron chi connectivity index (χ4n) is 4.03. The average molecular weight is 388 g/mol. The molecule has 0 unspecified atom stereocenters. The monoisotopic (exact) mass is 388 g/mol. The van der Waals surface area contributed by atoms with Crippen molar-refractivity contribution in [3.05, 3.63) is 70.0 Å². The second-order valence-corrected chi connectivity index (χ2v) is 7.86. The summed E-state index contributed by atoms with van der Waals surface area (Å²) in [6, 6.07) is 8.13. The Balaban J connectivity index is 1.27. The maximum Gasteiger partial charge on any atom is 0.251 e. The molecule has 1 aliphatic rings. The predicted octanol–water partition coefficient (Wildman–Crippen LogP) is 2.51. The smallest absolute Gasteiger partial charge is 0.251 e. The number of anilines is 1. The normalized spacial score (nSPS) is 15.4. The van der Waals surface area contributed by atoms with Crippen LogP contribution < -0.4 is 10.5 Å². The molecule has 0 spiro atoms. The van der Waals surface area contributed by atoms with Gasteiger partial charge in [0.1, 0.15) is 5.65 Å². The van der Waals surface area contributed by atoms with Crippen LogP contribution in [0.1, 0.15) is 16.8 Å². The first-order valence-electron chi connectivity index (χ1n) is 9.96. The molecule has 0 atom stereocenters. The van der Waals surface area contributed by atoms with Crippen LogP contribution in [0.3, 0.4) is 0 Å². The van der Waals surface area contributed by atoms with E-state index in [-0.39, 0.29) is 5.56 Å². The number of hydrogen-bond acceptors (Lipinski definition) is 5. The van der Waals surface area contributed by atoms with E-state index in [1.54, 1.807) is 6.92 Å². The molecule has 1 saturated heterocycles. The zero-order valence-corrected chi connectivity index (χ0v) is 16.7. The summed E-state index contributed by atoms with van der Waals surface area (Å²) in [6.07, 6.45) is 6.14. The van der Waals surface area contributed by atoms with E-state index in [1.807, 2.05) is 25.3 Å². The second-order valence-electron chi connectivity index (χ2n) is 7.86.